The summed E-state index contributed by atoms with van der Waals surface area (Å²) in [6.45, 7) is 3.72. The lowest BCUT2D eigenvalue weighted by Gasteiger charge is -2.18. The van der Waals surface area contributed by atoms with Crippen LogP contribution in [0.1, 0.15) is 47.3 Å². The van der Waals surface area contributed by atoms with Gasteiger partial charge in [-0.3, -0.25) is 9.59 Å². The van der Waals surface area contributed by atoms with Gasteiger partial charge in [0.25, 0.3) is 11.5 Å². The molecule has 1 atom stereocenters. The molecule has 110 valence electrons. The average molecular weight is 278 g/mol. The number of pyridine rings is 1. The van der Waals surface area contributed by atoms with Crippen molar-refractivity contribution < 1.29 is 9.90 Å². The second kappa shape index (κ2) is 6.22. The fourth-order valence-electron chi connectivity index (χ4n) is 2.93. The number of hydrogen-bond acceptors (Lipinski definition) is 3. The molecule has 1 aliphatic carbocycles. The summed E-state index contributed by atoms with van der Waals surface area (Å²) in [4.78, 5) is 26.5. The maximum absolute atomic E-state index is 12.1. The molecule has 5 nitrogen and oxygen atoms in total. The van der Waals surface area contributed by atoms with Crippen molar-refractivity contribution in [2.24, 2.45) is 5.92 Å². The number of aromatic amines is 1. The number of aliphatic hydroxyl groups excluding tert-OH is 1. The van der Waals surface area contributed by atoms with E-state index in [-0.39, 0.29) is 23.6 Å². The van der Waals surface area contributed by atoms with Gasteiger partial charge in [0.1, 0.15) is 5.56 Å². The third-order valence-electron chi connectivity index (χ3n) is 4.01. The van der Waals surface area contributed by atoms with Crippen molar-refractivity contribution in [1.29, 1.82) is 0 Å². The molecule has 1 aromatic heterocycles. The van der Waals surface area contributed by atoms with Crippen LogP contribution < -0.4 is 10.9 Å². The summed E-state index contributed by atoms with van der Waals surface area (Å²) in [5.74, 6) is -0.145. The van der Waals surface area contributed by atoms with E-state index >= 15 is 0 Å². The van der Waals surface area contributed by atoms with Crippen LogP contribution >= 0.6 is 0 Å². The van der Waals surface area contributed by atoms with Crippen molar-refractivity contribution in [1.82, 2.24) is 10.3 Å². The summed E-state index contributed by atoms with van der Waals surface area (Å²) in [6.07, 6.45) is 3.80. The topological polar surface area (TPSA) is 82.2 Å². The summed E-state index contributed by atoms with van der Waals surface area (Å²) in [7, 11) is 0. The normalized spacial score (nSPS) is 17.1. The molecule has 1 amide bonds. The number of carbonyl (C=O) groups is 1. The molecule has 2 rings (SSSR count). The average Bonchev–Trinajstić information content (AvgIpc) is 2.88. The molecule has 20 heavy (non-hydrogen) atoms. The summed E-state index contributed by atoms with van der Waals surface area (Å²) in [6, 6.07) is 1.77. The molecule has 1 saturated carbocycles. The Bertz CT molecular complexity index is 545. The number of aryl methyl sites for hydroxylation is 2. The number of aliphatic hydroxyl groups is 1. The van der Waals surface area contributed by atoms with E-state index in [1.165, 1.54) is 0 Å². The van der Waals surface area contributed by atoms with E-state index in [1.807, 2.05) is 0 Å². The van der Waals surface area contributed by atoms with Crippen LogP contribution in [0.15, 0.2) is 10.9 Å². The molecule has 0 aliphatic heterocycles. The van der Waals surface area contributed by atoms with E-state index < -0.39 is 12.0 Å². The molecule has 1 heterocycles. The van der Waals surface area contributed by atoms with Crippen LogP contribution in [-0.2, 0) is 0 Å². The molecule has 5 heteroatoms. The lowest BCUT2D eigenvalue weighted by molar-refractivity contribution is 0.0839. The van der Waals surface area contributed by atoms with Gasteiger partial charge in [-0.15, -0.1) is 0 Å². The fourth-order valence-corrected chi connectivity index (χ4v) is 2.93. The van der Waals surface area contributed by atoms with Crippen LogP contribution in [0.4, 0.5) is 0 Å². The summed E-state index contributed by atoms with van der Waals surface area (Å²) < 4.78 is 0. The van der Waals surface area contributed by atoms with Gasteiger partial charge in [-0.1, -0.05) is 12.8 Å². The molecule has 0 unspecified atom stereocenters. The molecular weight excluding hydrogens is 256 g/mol. The Morgan fingerprint density at radius 1 is 1.45 bits per heavy atom. The summed E-state index contributed by atoms with van der Waals surface area (Å²) >= 11 is 0. The number of carbonyl (C=O) groups excluding carboxylic acids is 1. The van der Waals surface area contributed by atoms with Crippen LogP contribution in [-0.4, -0.2) is 28.6 Å². The zero-order valence-electron chi connectivity index (χ0n) is 12.0. The number of H-pyrrole nitrogens is 1. The van der Waals surface area contributed by atoms with Crippen LogP contribution in [0.5, 0.6) is 0 Å². The molecule has 0 spiro atoms. The predicted octanol–water partition coefficient (Wildman–Crippen LogP) is 1.27. The predicted molar refractivity (Wildman–Crippen MR) is 76.8 cm³/mol. The van der Waals surface area contributed by atoms with Crippen molar-refractivity contribution in [2.75, 3.05) is 6.54 Å². The van der Waals surface area contributed by atoms with E-state index in [0.29, 0.717) is 5.56 Å². The van der Waals surface area contributed by atoms with Crippen LogP contribution in [0.2, 0.25) is 0 Å². The SMILES string of the molecule is Cc1cc(C)c(C(=O)NC[C@H](O)C2CCCC2)c(=O)[nH]1. The van der Waals surface area contributed by atoms with Gasteiger partial charge in [-0.2, -0.15) is 0 Å². The molecule has 0 aromatic carbocycles. The van der Waals surface area contributed by atoms with E-state index in [9.17, 15) is 14.7 Å². The van der Waals surface area contributed by atoms with Gasteiger partial charge in [-0.05, 0) is 44.2 Å². The Labute approximate surface area is 118 Å². The number of rotatable bonds is 4. The molecule has 0 saturated heterocycles. The second-order valence-corrected chi connectivity index (χ2v) is 5.66. The van der Waals surface area contributed by atoms with Crippen LogP contribution in [0, 0.1) is 19.8 Å². The first kappa shape index (κ1) is 14.8. The Morgan fingerprint density at radius 3 is 2.70 bits per heavy atom. The number of nitrogens with one attached hydrogen (secondary N) is 2. The lowest BCUT2D eigenvalue weighted by atomic mass is 10.0. The third kappa shape index (κ3) is 3.28. The van der Waals surface area contributed by atoms with E-state index in [0.717, 1.165) is 31.4 Å². The zero-order chi connectivity index (χ0) is 14.7. The van der Waals surface area contributed by atoms with Crippen molar-refractivity contribution in [3.8, 4) is 0 Å². The van der Waals surface area contributed by atoms with Crippen LogP contribution in [0.3, 0.4) is 0 Å². The highest BCUT2D eigenvalue weighted by Gasteiger charge is 2.24. The van der Waals surface area contributed by atoms with E-state index in [1.54, 1.807) is 19.9 Å². The summed E-state index contributed by atoms with van der Waals surface area (Å²) in [5.41, 5.74) is 1.14. The molecule has 3 N–H and O–H groups in total. The monoisotopic (exact) mass is 278 g/mol. The Hall–Kier alpha value is -1.62. The first-order valence-electron chi connectivity index (χ1n) is 7.16. The molecule has 0 bridgehead atoms. The fraction of sp³-hybridized carbons (Fsp3) is 0.600. The standard InChI is InChI=1S/C15H22N2O3/c1-9-7-10(2)17-15(20)13(9)14(19)16-8-12(18)11-5-3-4-6-11/h7,11-12,18H,3-6,8H2,1-2H3,(H,16,19)(H,17,20)/t12-/m0/s1. The number of amides is 1. The van der Waals surface area contributed by atoms with Crippen LogP contribution in [0.25, 0.3) is 0 Å². The highest BCUT2D eigenvalue weighted by atomic mass is 16.3. The highest BCUT2D eigenvalue weighted by Crippen LogP contribution is 2.27. The molecule has 1 aliphatic rings. The maximum atomic E-state index is 12.1. The Kier molecular flexibility index (Phi) is 4.60. The molecule has 1 aromatic rings. The van der Waals surface area contributed by atoms with Gasteiger partial charge in [0.15, 0.2) is 0 Å². The molecule has 1 fully saturated rings. The number of aromatic nitrogens is 1. The Balaban J connectivity index is 2.00. The van der Waals surface area contributed by atoms with Crippen molar-refractivity contribution in [3.05, 3.63) is 33.2 Å². The first-order valence-corrected chi connectivity index (χ1v) is 7.16. The minimum Gasteiger partial charge on any atom is -0.391 e. The van der Waals surface area contributed by atoms with Gasteiger partial charge in [0, 0.05) is 12.2 Å². The van der Waals surface area contributed by atoms with Gasteiger partial charge in [0.2, 0.25) is 0 Å². The van der Waals surface area contributed by atoms with Crippen molar-refractivity contribution in [2.45, 2.75) is 45.6 Å². The minimum absolute atomic E-state index is 0.134. The van der Waals surface area contributed by atoms with Crippen molar-refractivity contribution >= 4 is 5.91 Å². The minimum atomic E-state index is -0.522. The molecular formula is C15H22N2O3. The van der Waals surface area contributed by atoms with E-state index in [2.05, 4.69) is 10.3 Å². The number of hydrogen-bond donors (Lipinski definition) is 3. The third-order valence-corrected chi connectivity index (χ3v) is 4.01. The first-order chi connectivity index (χ1) is 9.49. The largest absolute Gasteiger partial charge is 0.391 e. The van der Waals surface area contributed by atoms with Gasteiger partial charge in [0.05, 0.1) is 6.10 Å². The van der Waals surface area contributed by atoms with Gasteiger partial charge >= 0.3 is 0 Å². The highest BCUT2D eigenvalue weighted by molar-refractivity contribution is 5.95. The smallest absolute Gasteiger partial charge is 0.261 e. The van der Waals surface area contributed by atoms with Gasteiger partial charge in [-0.25, -0.2) is 0 Å². The quantitative estimate of drug-likeness (QED) is 0.775. The maximum Gasteiger partial charge on any atom is 0.261 e. The Morgan fingerprint density at radius 2 is 2.10 bits per heavy atom. The van der Waals surface area contributed by atoms with Gasteiger partial charge < -0.3 is 15.4 Å². The lowest BCUT2D eigenvalue weighted by Crippen LogP contribution is -2.38. The summed E-state index contributed by atoms with van der Waals surface area (Å²) in [5, 5.41) is 12.7. The zero-order valence-corrected chi connectivity index (χ0v) is 12.0. The van der Waals surface area contributed by atoms with E-state index in [4.69, 9.17) is 0 Å². The van der Waals surface area contributed by atoms with Crippen molar-refractivity contribution in [3.63, 3.8) is 0 Å². The molecule has 0 radical (unpaired) electrons. The second-order valence-electron chi connectivity index (χ2n) is 5.66.